The van der Waals surface area contributed by atoms with Crippen molar-refractivity contribution in [3.8, 4) is 0 Å². The lowest BCUT2D eigenvalue weighted by atomic mass is 10.1. The number of benzene rings is 2. The molecule has 0 spiro atoms. The predicted octanol–water partition coefficient (Wildman–Crippen LogP) is 5.07. The third kappa shape index (κ3) is 7.57. The normalized spacial score (nSPS) is 14.6. The van der Waals surface area contributed by atoms with E-state index in [1.54, 1.807) is 24.0 Å². The Labute approximate surface area is 206 Å². The van der Waals surface area contributed by atoms with Gasteiger partial charge in [-0.1, -0.05) is 53.0 Å². The Kier molecular flexibility index (Phi) is 9.31. The van der Waals surface area contributed by atoms with Crippen LogP contribution in [0.1, 0.15) is 43.7 Å². The van der Waals surface area contributed by atoms with Crippen LogP contribution in [0.2, 0.25) is 0 Å². The first-order chi connectivity index (χ1) is 15.8. The molecule has 3 rings (SSSR count). The molecule has 1 aliphatic rings. The number of hydrogen-bond donors (Lipinski definition) is 1. The number of non-ortho nitro benzene ring substituents is 1. The average molecular weight is 534 g/mol. The van der Waals surface area contributed by atoms with Gasteiger partial charge in [0.05, 0.1) is 10.7 Å². The first-order valence-electron chi connectivity index (χ1n) is 11.0. The van der Waals surface area contributed by atoms with E-state index >= 15 is 0 Å². The summed E-state index contributed by atoms with van der Waals surface area (Å²) in [6.07, 6.45) is 4.23. The van der Waals surface area contributed by atoms with Gasteiger partial charge in [-0.05, 0) is 43.0 Å². The van der Waals surface area contributed by atoms with E-state index in [1.807, 2.05) is 24.3 Å². The van der Waals surface area contributed by atoms with Crippen LogP contribution in [0.4, 0.5) is 5.69 Å². The zero-order valence-electron chi connectivity index (χ0n) is 18.5. The number of carbonyl (C=O) groups is 2. The van der Waals surface area contributed by atoms with Gasteiger partial charge in [0.1, 0.15) is 6.04 Å². The zero-order valence-corrected chi connectivity index (χ0v) is 20.9. The SMILES string of the molecule is C[C@H](C(=O)NC1CCCC1)N(Cc1ccc(Br)cc1)C(=O)CSCc1ccc([N+](=O)[O-])cc1. The number of halogens is 1. The van der Waals surface area contributed by atoms with E-state index in [2.05, 4.69) is 21.2 Å². The molecule has 1 atom stereocenters. The second-order valence-electron chi connectivity index (χ2n) is 8.23. The van der Waals surface area contributed by atoms with E-state index in [-0.39, 0.29) is 29.3 Å². The smallest absolute Gasteiger partial charge is 0.269 e. The van der Waals surface area contributed by atoms with E-state index in [9.17, 15) is 19.7 Å². The Hall–Kier alpha value is -2.39. The van der Waals surface area contributed by atoms with Gasteiger partial charge in [-0.3, -0.25) is 19.7 Å². The van der Waals surface area contributed by atoms with E-state index < -0.39 is 11.0 Å². The van der Waals surface area contributed by atoms with Gasteiger partial charge in [0.25, 0.3) is 5.69 Å². The van der Waals surface area contributed by atoms with Crippen molar-refractivity contribution in [3.63, 3.8) is 0 Å². The summed E-state index contributed by atoms with van der Waals surface area (Å²) in [5.74, 6) is 0.541. The van der Waals surface area contributed by atoms with Crippen LogP contribution in [0, 0.1) is 10.1 Å². The number of nitrogens with zero attached hydrogens (tertiary/aromatic N) is 2. The lowest BCUT2D eigenvalue weighted by Crippen LogP contribution is -2.50. The van der Waals surface area contributed by atoms with Gasteiger partial charge >= 0.3 is 0 Å². The summed E-state index contributed by atoms with van der Waals surface area (Å²) in [7, 11) is 0. The number of nitro benzene ring substituents is 1. The van der Waals surface area contributed by atoms with Crippen LogP contribution in [-0.4, -0.2) is 39.5 Å². The molecule has 33 heavy (non-hydrogen) atoms. The van der Waals surface area contributed by atoms with E-state index in [0.29, 0.717) is 12.3 Å². The average Bonchev–Trinajstić information content (AvgIpc) is 3.31. The minimum atomic E-state index is -0.582. The highest BCUT2D eigenvalue weighted by Gasteiger charge is 2.28. The number of carbonyl (C=O) groups excluding carboxylic acids is 2. The molecule has 2 aromatic carbocycles. The molecule has 2 amide bonds. The van der Waals surface area contributed by atoms with Crippen molar-refractivity contribution in [2.24, 2.45) is 0 Å². The number of thioether (sulfide) groups is 1. The summed E-state index contributed by atoms with van der Waals surface area (Å²) < 4.78 is 0.954. The molecule has 176 valence electrons. The molecular formula is C24H28BrN3O4S. The summed E-state index contributed by atoms with van der Waals surface area (Å²) in [5.41, 5.74) is 1.90. The van der Waals surface area contributed by atoms with Gasteiger partial charge < -0.3 is 10.2 Å². The standard InChI is InChI=1S/C24H28BrN3O4S/c1-17(24(30)26-21-4-2-3-5-21)27(14-18-6-10-20(25)11-7-18)23(29)16-33-15-19-8-12-22(13-9-19)28(31)32/h6-13,17,21H,2-5,14-16H2,1H3,(H,26,30)/t17-/m1/s1. The van der Waals surface area contributed by atoms with Crippen molar-refractivity contribution in [2.75, 3.05) is 5.75 Å². The van der Waals surface area contributed by atoms with E-state index in [1.165, 1.54) is 23.9 Å². The van der Waals surface area contributed by atoms with Crippen molar-refractivity contribution in [3.05, 3.63) is 74.2 Å². The molecular weight excluding hydrogens is 506 g/mol. The molecule has 0 unspecified atom stereocenters. The second-order valence-corrected chi connectivity index (χ2v) is 10.1. The number of hydrogen-bond acceptors (Lipinski definition) is 5. The maximum atomic E-state index is 13.2. The molecule has 0 heterocycles. The molecule has 0 saturated heterocycles. The maximum Gasteiger partial charge on any atom is 0.269 e. The van der Waals surface area contributed by atoms with Gasteiger partial charge in [-0.2, -0.15) is 0 Å². The van der Waals surface area contributed by atoms with Crippen LogP contribution in [0.15, 0.2) is 53.0 Å². The molecule has 0 aromatic heterocycles. The van der Waals surface area contributed by atoms with Gasteiger partial charge in [0, 0.05) is 34.9 Å². The van der Waals surface area contributed by atoms with Crippen LogP contribution >= 0.6 is 27.7 Å². The molecule has 9 heteroatoms. The molecule has 7 nitrogen and oxygen atoms in total. The lowest BCUT2D eigenvalue weighted by Gasteiger charge is -2.29. The van der Waals surface area contributed by atoms with Crippen molar-refractivity contribution < 1.29 is 14.5 Å². The van der Waals surface area contributed by atoms with Gasteiger partial charge in [-0.25, -0.2) is 0 Å². The Morgan fingerprint density at radius 2 is 1.73 bits per heavy atom. The van der Waals surface area contributed by atoms with Crippen molar-refractivity contribution in [2.45, 2.75) is 57.0 Å². The molecule has 1 fully saturated rings. The predicted molar refractivity (Wildman–Crippen MR) is 134 cm³/mol. The molecule has 0 bridgehead atoms. The molecule has 1 N–H and O–H groups in total. The molecule has 0 radical (unpaired) electrons. The Morgan fingerprint density at radius 1 is 1.12 bits per heavy atom. The summed E-state index contributed by atoms with van der Waals surface area (Å²) >= 11 is 4.86. The lowest BCUT2D eigenvalue weighted by molar-refractivity contribution is -0.384. The van der Waals surface area contributed by atoms with Crippen molar-refractivity contribution >= 4 is 45.2 Å². The summed E-state index contributed by atoms with van der Waals surface area (Å²) in [6, 6.07) is 13.7. The first kappa shape index (κ1) is 25.2. The first-order valence-corrected chi connectivity index (χ1v) is 12.9. The van der Waals surface area contributed by atoms with Crippen molar-refractivity contribution in [1.82, 2.24) is 10.2 Å². The largest absolute Gasteiger partial charge is 0.352 e. The number of nitro groups is 1. The fourth-order valence-corrected chi connectivity index (χ4v) is 4.95. The molecule has 0 aliphatic heterocycles. The topological polar surface area (TPSA) is 92.6 Å². The highest BCUT2D eigenvalue weighted by atomic mass is 79.9. The van der Waals surface area contributed by atoms with Crippen LogP contribution in [-0.2, 0) is 21.9 Å². The van der Waals surface area contributed by atoms with Crippen LogP contribution < -0.4 is 5.32 Å². The quantitative estimate of drug-likeness (QED) is 0.340. The summed E-state index contributed by atoms with van der Waals surface area (Å²) in [5, 5.41) is 13.9. The second kappa shape index (κ2) is 12.2. The fraction of sp³-hybridized carbons (Fsp3) is 0.417. The zero-order chi connectivity index (χ0) is 23.8. The van der Waals surface area contributed by atoms with Crippen LogP contribution in [0.5, 0.6) is 0 Å². The Morgan fingerprint density at radius 3 is 2.33 bits per heavy atom. The number of amides is 2. The highest BCUT2D eigenvalue weighted by Crippen LogP contribution is 2.21. The van der Waals surface area contributed by atoms with E-state index in [4.69, 9.17) is 0 Å². The third-order valence-electron chi connectivity index (χ3n) is 5.78. The van der Waals surface area contributed by atoms with Crippen LogP contribution in [0.3, 0.4) is 0 Å². The summed E-state index contributed by atoms with van der Waals surface area (Å²) in [6.45, 7) is 2.13. The van der Waals surface area contributed by atoms with Gasteiger partial charge in [0.2, 0.25) is 11.8 Å². The fourth-order valence-electron chi connectivity index (χ4n) is 3.81. The minimum absolute atomic E-state index is 0.0441. The van der Waals surface area contributed by atoms with Gasteiger partial charge in [-0.15, -0.1) is 11.8 Å². The summed E-state index contributed by atoms with van der Waals surface area (Å²) in [4.78, 5) is 38.1. The Bertz CT molecular complexity index is 963. The van der Waals surface area contributed by atoms with E-state index in [0.717, 1.165) is 41.3 Å². The minimum Gasteiger partial charge on any atom is -0.352 e. The van der Waals surface area contributed by atoms with Crippen LogP contribution in [0.25, 0.3) is 0 Å². The van der Waals surface area contributed by atoms with Crippen molar-refractivity contribution in [1.29, 1.82) is 0 Å². The number of rotatable bonds is 10. The monoisotopic (exact) mass is 533 g/mol. The molecule has 1 saturated carbocycles. The molecule has 2 aromatic rings. The number of nitrogens with one attached hydrogen (secondary N) is 1. The Balaban J connectivity index is 1.63. The third-order valence-corrected chi connectivity index (χ3v) is 7.29. The highest BCUT2D eigenvalue weighted by molar-refractivity contribution is 9.10. The molecule has 1 aliphatic carbocycles. The van der Waals surface area contributed by atoms with Gasteiger partial charge in [0.15, 0.2) is 0 Å². The maximum absolute atomic E-state index is 13.2.